The minimum Gasteiger partial charge on any atom is -0.329 e. The molecule has 96 valence electrons. The van der Waals surface area contributed by atoms with Crippen LogP contribution in [0.1, 0.15) is 11.6 Å². The van der Waals surface area contributed by atoms with Gasteiger partial charge in [-0.1, -0.05) is 23.7 Å². The molecule has 0 saturated carbocycles. The van der Waals surface area contributed by atoms with Gasteiger partial charge < -0.3 is 11.1 Å². The first kappa shape index (κ1) is 14.7. The van der Waals surface area contributed by atoms with Crippen LogP contribution < -0.4 is 11.1 Å². The molecule has 1 heterocycles. The maximum atomic E-state index is 6.03. The molecule has 1 aromatic rings. The highest BCUT2D eigenvalue weighted by atomic mass is 35.5. The van der Waals surface area contributed by atoms with Crippen molar-refractivity contribution in [2.24, 2.45) is 5.73 Å². The van der Waals surface area contributed by atoms with Gasteiger partial charge in [-0.15, -0.1) is 12.4 Å². The molecule has 1 aliphatic rings. The molecule has 2 rings (SSSR count). The average Bonchev–Trinajstić information content (AvgIpc) is 2.30. The SMILES string of the molecule is Cl.NCCN1CCNCC1c1cccc(Cl)c1. The van der Waals surface area contributed by atoms with Crippen LogP contribution in [-0.4, -0.2) is 37.6 Å². The van der Waals surface area contributed by atoms with Crippen LogP contribution in [0.3, 0.4) is 0 Å². The van der Waals surface area contributed by atoms with Crippen LogP contribution in [0.4, 0.5) is 0 Å². The highest BCUT2D eigenvalue weighted by molar-refractivity contribution is 6.30. The van der Waals surface area contributed by atoms with Crippen LogP contribution >= 0.6 is 24.0 Å². The first-order valence-corrected chi connectivity index (χ1v) is 6.09. The average molecular weight is 276 g/mol. The summed E-state index contributed by atoms with van der Waals surface area (Å²) in [6.07, 6.45) is 0. The molecule has 0 amide bonds. The third-order valence-electron chi connectivity index (χ3n) is 3.00. The van der Waals surface area contributed by atoms with E-state index >= 15 is 0 Å². The third-order valence-corrected chi connectivity index (χ3v) is 3.24. The summed E-state index contributed by atoms with van der Waals surface area (Å²) in [4.78, 5) is 2.42. The zero-order valence-electron chi connectivity index (χ0n) is 9.73. The summed E-state index contributed by atoms with van der Waals surface area (Å²) in [7, 11) is 0. The number of nitrogens with zero attached hydrogens (tertiary/aromatic N) is 1. The van der Waals surface area contributed by atoms with Crippen molar-refractivity contribution in [3.8, 4) is 0 Å². The standard InChI is InChI=1S/C12H18ClN3.ClH/c13-11-3-1-2-10(8-11)12-9-15-5-7-16(12)6-4-14;/h1-3,8,12,15H,4-7,9,14H2;1H. The van der Waals surface area contributed by atoms with E-state index < -0.39 is 0 Å². The summed E-state index contributed by atoms with van der Waals surface area (Å²) < 4.78 is 0. The smallest absolute Gasteiger partial charge is 0.0474 e. The second-order valence-corrected chi connectivity index (χ2v) is 4.54. The highest BCUT2D eigenvalue weighted by Gasteiger charge is 2.22. The van der Waals surface area contributed by atoms with E-state index in [1.54, 1.807) is 0 Å². The van der Waals surface area contributed by atoms with Crippen molar-refractivity contribution in [2.45, 2.75) is 6.04 Å². The Balaban J connectivity index is 0.00000144. The van der Waals surface area contributed by atoms with Gasteiger partial charge in [0.25, 0.3) is 0 Å². The second kappa shape index (κ2) is 7.19. The Morgan fingerprint density at radius 1 is 1.47 bits per heavy atom. The lowest BCUT2D eigenvalue weighted by Crippen LogP contribution is -2.47. The zero-order valence-corrected chi connectivity index (χ0v) is 11.3. The summed E-state index contributed by atoms with van der Waals surface area (Å²) in [5, 5.41) is 4.22. The molecule has 0 bridgehead atoms. The van der Waals surface area contributed by atoms with Gasteiger partial charge in [0, 0.05) is 43.8 Å². The fourth-order valence-corrected chi connectivity index (χ4v) is 2.42. The lowest BCUT2D eigenvalue weighted by molar-refractivity contribution is 0.167. The van der Waals surface area contributed by atoms with E-state index in [4.69, 9.17) is 17.3 Å². The molecule has 3 N–H and O–H groups in total. The van der Waals surface area contributed by atoms with Gasteiger partial charge in [-0.3, -0.25) is 4.90 Å². The van der Waals surface area contributed by atoms with Gasteiger partial charge in [0.05, 0.1) is 0 Å². The maximum Gasteiger partial charge on any atom is 0.0474 e. The highest BCUT2D eigenvalue weighted by Crippen LogP contribution is 2.23. The van der Waals surface area contributed by atoms with Crippen LogP contribution in [0, 0.1) is 0 Å². The first-order valence-electron chi connectivity index (χ1n) is 5.71. The van der Waals surface area contributed by atoms with Gasteiger partial charge in [0.1, 0.15) is 0 Å². The number of hydrogen-bond acceptors (Lipinski definition) is 3. The molecule has 0 radical (unpaired) electrons. The molecule has 5 heteroatoms. The zero-order chi connectivity index (χ0) is 11.4. The van der Waals surface area contributed by atoms with Crippen LogP contribution in [-0.2, 0) is 0 Å². The van der Waals surface area contributed by atoms with Crippen LogP contribution in [0.5, 0.6) is 0 Å². The Hall–Kier alpha value is -0.320. The van der Waals surface area contributed by atoms with E-state index in [2.05, 4.69) is 16.3 Å². The number of halogens is 2. The predicted octanol–water partition coefficient (Wildman–Crippen LogP) is 1.67. The molecule has 1 aromatic carbocycles. The number of piperazine rings is 1. The molecular weight excluding hydrogens is 257 g/mol. The van der Waals surface area contributed by atoms with Gasteiger partial charge in [0.15, 0.2) is 0 Å². The Morgan fingerprint density at radius 3 is 3.00 bits per heavy atom. The molecule has 1 atom stereocenters. The predicted molar refractivity (Wildman–Crippen MR) is 74.9 cm³/mol. The molecule has 0 aliphatic carbocycles. The molecule has 3 nitrogen and oxygen atoms in total. The van der Waals surface area contributed by atoms with Crippen LogP contribution in [0.25, 0.3) is 0 Å². The van der Waals surface area contributed by atoms with Gasteiger partial charge in [-0.05, 0) is 17.7 Å². The molecule has 1 unspecified atom stereocenters. The maximum absolute atomic E-state index is 6.03. The fourth-order valence-electron chi connectivity index (χ4n) is 2.22. The van der Waals surface area contributed by atoms with Crippen molar-refractivity contribution in [3.05, 3.63) is 34.9 Å². The molecule has 1 aliphatic heterocycles. The second-order valence-electron chi connectivity index (χ2n) is 4.10. The summed E-state index contributed by atoms with van der Waals surface area (Å²) in [6.45, 7) is 4.71. The Labute approximate surface area is 114 Å². The molecule has 1 fully saturated rings. The number of nitrogens with one attached hydrogen (secondary N) is 1. The Morgan fingerprint density at radius 2 is 2.29 bits per heavy atom. The van der Waals surface area contributed by atoms with Gasteiger partial charge in [0.2, 0.25) is 0 Å². The topological polar surface area (TPSA) is 41.3 Å². The van der Waals surface area contributed by atoms with E-state index in [1.807, 2.05) is 18.2 Å². The number of hydrogen-bond donors (Lipinski definition) is 2. The summed E-state index contributed by atoms with van der Waals surface area (Å²) in [5.41, 5.74) is 6.91. The van der Waals surface area contributed by atoms with Gasteiger partial charge in [-0.25, -0.2) is 0 Å². The normalized spacial score (nSPS) is 20.9. The summed E-state index contributed by atoms with van der Waals surface area (Å²) >= 11 is 6.03. The molecule has 0 spiro atoms. The van der Waals surface area contributed by atoms with E-state index in [1.165, 1.54) is 5.56 Å². The summed E-state index contributed by atoms with van der Waals surface area (Å²) in [5.74, 6) is 0. The summed E-state index contributed by atoms with van der Waals surface area (Å²) in [6, 6.07) is 8.49. The Kier molecular flexibility index (Phi) is 6.23. The van der Waals surface area contributed by atoms with Gasteiger partial charge in [-0.2, -0.15) is 0 Å². The lowest BCUT2D eigenvalue weighted by atomic mass is 10.0. The van der Waals surface area contributed by atoms with Crippen molar-refractivity contribution in [1.29, 1.82) is 0 Å². The lowest BCUT2D eigenvalue weighted by Gasteiger charge is -2.36. The van der Waals surface area contributed by atoms with E-state index in [0.29, 0.717) is 12.6 Å². The number of rotatable bonds is 3. The van der Waals surface area contributed by atoms with Gasteiger partial charge >= 0.3 is 0 Å². The van der Waals surface area contributed by atoms with Crippen molar-refractivity contribution in [1.82, 2.24) is 10.2 Å². The third kappa shape index (κ3) is 3.83. The molecule has 0 aromatic heterocycles. The Bertz CT molecular complexity index is 344. The van der Waals surface area contributed by atoms with Crippen LogP contribution in [0.15, 0.2) is 24.3 Å². The first-order chi connectivity index (χ1) is 7.81. The van der Waals surface area contributed by atoms with Crippen molar-refractivity contribution >= 4 is 24.0 Å². The minimum atomic E-state index is 0. The van der Waals surface area contributed by atoms with Crippen LogP contribution in [0.2, 0.25) is 5.02 Å². The van der Waals surface area contributed by atoms with E-state index in [0.717, 1.165) is 31.2 Å². The fraction of sp³-hybridized carbons (Fsp3) is 0.500. The molecular formula is C12H19Cl2N3. The quantitative estimate of drug-likeness (QED) is 0.882. The monoisotopic (exact) mass is 275 g/mol. The molecule has 17 heavy (non-hydrogen) atoms. The number of nitrogens with two attached hydrogens (primary N) is 1. The largest absolute Gasteiger partial charge is 0.329 e. The minimum absolute atomic E-state index is 0. The van der Waals surface area contributed by atoms with E-state index in [-0.39, 0.29) is 12.4 Å². The van der Waals surface area contributed by atoms with E-state index in [9.17, 15) is 0 Å². The van der Waals surface area contributed by atoms with Crippen molar-refractivity contribution < 1.29 is 0 Å². The van der Waals surface area contributed by atoms with Crippen molar-refractivity contribution in [2.75, 3.05) is 32.7 Å². The molecule has 1 saturated heterocycles. The van der Waals surface area contributed by atoms with Crippen molar-refractivity contribution in [3.63, 3.8) is 0 Å². The number of benzene rings is 1.